The van der Waals surface area contributed by atoms with Gasteiger partial charge in [0.15, 0.2) is 0 Å². The average molecular weight is 253 g/mol. The van der Waals surface area contributed by atoms with Crippen LogP contribution < -0.4 is 5.32 Å². The van der Waals surface area contributed by atoms with Crippen LogP contribution in [0, 0.1) is 18.3 Å². The molecule has 0 atom stereocenters. The molecule has 0 amide bonds. The van der Waals surface area contributed by atoms with Crippen molar-refractivity contribution in [2.24, 2.45) is 0 Å². The first-order valence-electron chi connectivity index (χ1n) is 6.63. The summed E-state index contributed by atoms with van der Waals surface area (Å²) >= 11 is 0. The monoisotopic (exact) mass is 253 g/mol. The summed E-state index contributed by atoms with van der Waals surface area (Å²) < 4.78 is 2.19. The Bertz CT molecular complexity index is 590. The predicted octanol–water partition coefficient (Wildman–Crippen LogP) is 3.69. The van der Waals surface area contributed by atoms with Crippen molar-refractivity contribution < 1.29 is 0 Å². The molecule has 1 aromatic carbocycles. The van der Waals surface area contributed by atoms with E-state index in [0.717, 1.165) is 36.3 Å². The largest absolute Gasteiger partial charge is 0.380 e. The molecule has 0 aliphatic rings. The van der Waals surface area contributed by atoms with Crippen LogP contribution in [0.25, 0.3) is 0 Å². The van der Waals surface area contributed by atoms with Crippen molar-refractivity contribution in [1.29, 1.82) is 5.26 Å². The second kappa shape index (κ2) is 6.10. The van der Waals surface area contributed by atoms with Gasteiger partial charge in [-0.1, -0.05) is 19.1 Å². The van der Waals surface area contributed by atoms with Gasteiger partial charge in [0.1, 0.15) is 6.07 Å². The van der Waals surface area contributed by atoms with E-state index < -0.39 is 0 Å². The number of nitrogens with zero attached hydrogens (tertiary/aromatic N) is 2. The van der Waals surface area contributed by atoms with Gasteiger partial charge in [0, 0.05) is 25.5 Å². The zero-order chi connectivity index (χ0) is 13.7. The lowest BCUT2D eigenvalue weighted by Gasteiger charge is -2.08. The first-order valence-corrected chi connectivity index (χ1v) is 6.63. The molecule has 19 heavy (non-hydrogen) atoms. The normalized spacial score (nSPS) is 10.2. The number of benzene rings is 1. The molecule has 1 heterocycles. The summed E-state index contributed by atoms with van der Waals surface area (Å²) in [5.41, 5.74) is 3.89. The maximum atomic E-state index is 9.18. The Morgan fingerprint density at radius 3 is 2.89 bits per heavy atom. The fourth-order valence-corrected chi connectivity index (χ4v) is 2.15. The Kier molecular flexibility index (Phi) is 4.25. The molecule has 0 radical (unpaired) electrons. The maximum absolute atomic E-state index is 9.18. The van der Waals surface area contributed by atoms with Crippen LogP contribution in [0.3, 0.4) is 0 Å². The molecule has 3 heteroatoms. The third kappa shape index (κ3) is 3.17. The highest BCUT2D eigenvalue weighted by Gasteiger charge is 2.04. The van der Waals surface area contributed by atoms with Crippen LogP contribution in [-0.4, -0.2) is 4.57 Å². The number of hydrogen-bond acceptors (Lipinski definition) is 2. The lowest BCUT2D eigenvalue weighted by Crippen LogP contribution is -2.01. The standard InChI is InChI=1S/C16H19N3/c1-3-8-19-9-7-14(12-19)11-18-16-6-4-5-13(2)15(16)10-17/h4-7,9,12,18H,3,8,11H2,1-2H3. The lowest BCUT2D eigenvalue weighted by atomic mass is 10.1. The van der Waals surface area contributed by atoms with Crippen molar-refractivity contribution in [2.75, 3.05) is 5.32 Å². The number of nitriles is 1. The van der Waals surface area contributed by atoms with Crippen molar-refractivity contribution in [3.63, 3.8) is 0 Å². The number of rotatable bonds is 5. The Labute approximate surface area is 114 Å². The Balaban J connectivity index is 2.06. The summed E-state index contributed by atoms with van der Waals surface area (Å²) in [5.74, 6) is 0. The van der Waals surface area contributed by atoms with Crippen LogP contribution in [-0.2, 0) is 13.1 Å². The number of anilines is 1. The third-order valence-corrected chi connectivity index (χ3v) is 3.16. The molecule has 0 saturated heterocycles. The van der Waals surface area contributed by atoms with Crippen LogP contribution >= 0.6 is 0 Å². The Morgan fingerprint density at radius 1 is 1.32 bits per heavy atom. The van der Waals surface area contributed by atoms with Crippen molar-refractivity contribution in [2.45, 2.75) is 33.4 Å². The van der Waals surface area contributed by atoms with Crippen molar-refractivity contribution >= 4 is 5.69 Å². The third-order valence-electron chi connectivity index (χ3n) is 3.16. The zero-order valence-corrected chi connectivity index (χ0v) is 11.5. The molecule has 2 rings (SSSR count). The van der Waals surface area contributed by atoms with E-state index in [9.17, 15) is 5.26 Å². The van der Waals surface area contributed by atoms with E-state index in [-0.39, 0.29) is 0 Å². The van der Waals surface area contributed by atoms with Gasteiger partial charge in [0.25, 0.3) is 0 Å². The first-order chi connectivity index (χ1) is 9.24. The van der Waals surface area contributed by atoms with Crippen molar-refractivity contribution in [1.82, 2.24) is 4.57 Å². The van der Waals surface area contributed by atoms with Crippen molar-refractivity contribution in [3.05, 3.63) is 53.3 Å². The molecule has 3 nitrogen and oxygen atoms in total. The van der Waals surface area contributed by atoms with Gasteiger partial charge in [0.2, 0.25) is 0 Å². The Hall–Kier alpha value is -2.21. The fourth-order valence-electron chi connectivity index (χ4n) is 2.15. The molecule has 1 N–H and O–H groups in total. The topological polar surface area (TPSA) is 40.8 Å². The van der Waals surface area contributed by atoms with Crippen LogP contribution in [0.1, 0.15) is 30.0 Å². The zero-order valence-electron chi connectivity index (χ0n) is 11.5. The summed E-state index contributed by atoms with van der Waals surface area (Å²) in [7, 11) is 0. The average Bonchev–Trinajstić information content (AvgIpc) is 2.84. The SMILES string of the molecule is CCCn1ccc(CNc2cccc(C)c2C#N)c1. The van der Waals surface area contributed by atoms with Gasteiger partial charge < -0.3 is 9.88 Å². The van der Waals surface area contributed by atoms with E-state index >= 15 is 0 Å². The van der Waals surface area contributed by atoms with Gasteiger partial charge in [-0.25, -0.2) is 0 Å². The summed E-state index contributed by atoms with van der Waals surface area (Å²) in [4.78, 5) is 0. The van der Waals surface area contributed by atoms with E-state index in [2.05, 4.69) is 41.3 Å². The smallest absolute Gasteiger partial charge is 0.102 e. The molecular weight excluding hydrogens is 234 g/mol. The second-order valence-corrected chi connectivity index (χ2v) is 4.72. The van der Waals surface area contributed by atoms with Gasteiger partial charge in [-0.2, -0.15) is 5.26 Å². The number of aromatic nitrogens is 1. The van der Waals surface area contributed by atoms with Gasteiger partial charge >= 0.3 is 0 Å². The lowest BCUT2D eigenvalue weighted by molar-refractivity contribution is 0.682. The van der Waals surface area contributed by atoms with E-state index in [0.29, 0.717) is 0 Å². The predicted molar refractivity (Wildman–Crippen MR) is 77.9 cm³/mol. The molecule has 0 bridgehead atoms. The number of hydrogen-bond donors (Lipinski definition) is 1. The van der Waals surface area contributed by atoms with Crippen molar-refractivity contribution in [3.8, 4) is 6.07 Å². The van der Waals surface area contributed by atoms with E-state index in [1.54, 1.807) is 0 Å². The van der Waals surface area contributed by atoms with Crippen LogP contribution in [0.15, 0.2) is 36.7 Å². The minimum absolute atomic E-state index is 0.732. The Morgan fingerprint density at radius 2 is 2.16 bits per heavy atom. The quantitative estimate of drug-likeness (QED) is 0.882. The summed E-state index contributed by atoms with van der Waals surface area (Å²) in [6, 6.07) is 10.3. The van der Waals surface area contributed by atoms with Crippen LogP contribution in [0.5, 0.6) is 0 Å². The number of aryl methyl sites for hydroxylation is 2. The van der Waals surface area contributed by atoms with Gasteiger partial charge in [-0.3, -0.25) is 0 Å². The second-order valence-electron chi connectivity index (χ2n) is 4.72. The molecule has 98 valence electrons. The highest BCUT2D eigenvalue weighted by atomic mass is 14.9. The molecule has 0 unspecified atom stereocenters. The minimum Gasteiger partial charge on any atom is -0.380 e. The number of nitrogens with one attached hydrogen (secondary N) is 1. The maximum Gasteiger partial charge on any atom is 0.102 e. The minimum atomic E-state index is 0.732. The van der Waals surface area contributed by atoms with E-state index in [1.165, 1.54) is 5.56 Å². The molecule has 0 aliphatic heterocycles. The first kappa shape index (κ1) is 13.2. The highest BCUT2D eigenvalue weighted by Crippen LogP contribution is 2.19. The fraction of sp³-hybridized carbons (Fsp3) is 0.312. The van der Waals surface area contributed by atoms with Gasteiger partial charge in [-0.05, 0) is 36.6 Å². The molecule has 0 fully saturated rings. The van der Waals surface area contributed by atoms with Crippen LogP contribution in [0.2, 0.25) is 0 Å². The molecule has 0 aliphatic carbocycles. The highest BCUT2D eigenvalue weighted by molar-refractivity contribution is 5.60. The molecule has 0 spiro atoms. The molecular formula is C16H19N3. The van der Waals surface area contributed by atoms with Gasteiger partial charge in [0.05, 0.1) is 11.3 Å². The molecule has 1 aromatic heterocycles. The van der Waals surface area contributed by atoms with E-state index in [1.807, 2.05) is 25.1 Å². The summed E-state index contributed by atoms with van der Waals surface area (Å²) in [6.45, 7) is 5.92. The van der Waals surface area contributed by atoms with Gasteiger partial charge in [-0.15, -0.1) is 0 Å². The molecule has 0 saturated carbocycles. The summed E-state index contributed by atoms with van der Waals surface area (Å²) in [6.07, 6.45) is 5.39. The van der Waals surface area contributed by atoms with Crippen LogP contribution in [0.4, 0.5) is 5.69 Å². The van der Waals surface area contributed by atoms with E-state index in [4.69, 9.17) is 0 Å². The molecule has 2 aromatic rings. The summed E-state index contributed by atoms with van der Waals surface area (Å²) in [5, 5.41) is 12.5.